The lowest BCUT2D eigenvalue weighted by Gasteiger charge is -2.24. The van der Waals surface area contributed by atoms with Gasteiger partial charge in [-0.1, -0.05) is 59.2 Å². The normalized spacial score (nSPS) is 11.1. The maximum Gasteiger partial charge on any atom is 0.534 e. The lowest BCUT2D eigenvalue weighted by molar-refractivity contribution is -0.122. The fourth-order valence-corrected chi connectivity index (χ4v) is 5.30. The molecule has 12 nitrogen and oxygen atoms in total. The molecule has 1 aliphatic rings. The SMILES string of the molecule is C#C.C#C.C1CCOC1.CC.CC.CCOC.CNCCCN(CC(C)C)S(=O)(=O)c1ccc(O)cc1.Cc1ccc(OS(=O)(=O)C(F)(F)F)cc1.O=CO. The largest absolute Gasteiger partial charge is 0.534 e. The summed E-state index contributed by atoms with van der Waals surface area (Å²) in [6.07, 6.45) is 19.3. The number of hydrogen-bond acceptors (Lipinski definition) is 10. The number of phenols is 1. The topological polar surface area (TPSA) is 169 Å². The van der Waals surface area contributed by atoms with Gasteiger partial charge in [0.1, 0.15) is 11.5 Å². The molecule has 3 rings (SSSR count). The van der Waals surface area contributed by atoms with E-state index in [1.165, 1.54) is 53.5 Å². The molecule has 1 saturated heterocycles. The standard InChI is InChI=1S/C14H24N2O3S.C8H7F3O3S.C4H8O.C3H8O.2C2H6.2C2H2.CH2O2/c1-12(2)11-16(10-4-9-15-3)20(18,19)14-7-5-13(17)6-8-14;1-6-2-4-7(5-3-6)14-15(12,13)8(9,10)11;1-2-4-5-3-1;1-3-4-2;4*1-2;2-1-3/h5-8,12,15,17H,4,9-11H2,1-3H3;2-5H,1H3;1-4H2;3H2,1-2H3;2*1-2H3;2*1-2H;1H,(H,2,3). The van der Waals surface area contributed by atoms with Crippen molar-refractivity contribution in [2.45, 2.75) is 85.1 Å². The molecule has 0 aliphatic carbocycles. The average molecular weight is 831 g/mol. The number of alkyl halides is 3. The molecule has 0 aromatic heterocycles. The minimum atomic E-state index is -5.56. The number of benzene rings is 2. The molecular weight excluding hydrogens is 766 g/mol. The van der Waals surface area contributed by atoms with Crippen LogP contribution in [0, 0.1) is 38.5 Å². The number of nitrogens with one attached hydrogen (secondary N) is 1. The summed E-state index contributed by atoms with van der Waals surface area (Å²) in [5.74, 6) is -0.0380. The molecule has 0 spiro atoms. The number of nitrogens with zero attached hydrogens (tertiary/aromatic N) is 1. The van der Waals surface area contributed by atoms with Gasteiger partial charge in [0.15, 0.2) is 0 Å². The molecule has 1 aliphatic heterocycles. The number of terminal acetylenes is 2. The van der Waals surface area contributed by atoms with Gasteiger partial charge in [-0.15, -0.1) is 25.7 Å². The zero-order valence-corrected chi connectivity index (χ0v) is 35.6. The van der Waals surface area contributed by atoms with E-state index in [1.54, 1.807) is 14.0 Å². The third-order valence-electron chi connectivity index (χ3n) is 5.50. The summed E-state index contributed by atoms with van der Waals surface area (Å²) in [5, 5.41) is 19.2. The fraction of sp³-hybridized carbons (Fsp3) is 0.553. The Labute approximate surface area is 330 Å². The summed E-state index contributed by atoms with van der Waals surface area (Å²) < 4.78 is 96.8. The van der Waals surface area contributed by atoms with E-state index in [2.05, 4.69) is 39.9 Å². The molecule has 17 heteroatoms. The highest BCUT2D eigenvalue weighted by molar-refractivity contribution is 7.89. The van der Waals surface area contributed by atoms with Gasteiger partial charge in [0.25, 0.3) is 6.47 Å². The number of ether oxygens (including phenoxy) is 2. The highest BCUT2D eigenvalue weighted by Crippen LogP contribution is 2.27. The Morgan fingerprint density at radius 1 is 0.927 bits per heavy atom. The van der Waals surface area contributed by atoms with E-state index in [4.69, 9.17) is 14.6 Å². The third kappa shape index (κ3) is 35.6. The van der Waals surface area contributed by atoms with Crippen molar-refractivity contribution < 1.29 is 58.7 Å². The Kier molecular flexibility index (Phi) is 47.4. The summed E-state index contributed by atoms with van der Waals surface area (Å²) >= 11 is 0. The lowest BCUT2D eigenvalue weighted by Crippen LogP contribution is -2.36. The second-order valence-corrected chi connectivity index (χ2v) is 13.5. The molecule has 320 valence electrons. The number of rotatable bonds is 11. The predicted molar refractivity (Wildman–Crippen MR) is 216 cm³/mol. The number of carbonyl (C=O) groups is 1. The van der Waals surface area contributed by atoms with Crippen LogP contribution in [0.2, 0.25) is 0 Å². The molecule has 0 radical (unpaired) electrons. The number of carboxylic acid groups (broad SMARTS) is 1. The van der Waals surface area contributed by atoms with Crippen LogP contribution in [0.5, 0.6) is 11.5 Å². The van der Waals surface area contributed by atoms with E-state index in [0.29, 0.717) is 13.1 Å². The van der Waals surface area contributed by atoms with Gasteiger partial charge in [-0.05, 0) is 89.0 Å². The van der Waals surface area contributed by atoms with Crippen LogP contribution >= 0.6 is 0 Å². The van der Waals surface area contributed by atoms with Gasteiger partial charge < -0.3 is 29.2 Å². The van der Waals surface area contributed by atoms with Crippen LogP contribution < -0.4 is 9.50 Å². The van der Waals surface area contributed by atoms with E-state index in [9.17, 15) is 35.1 Å². The van der Waals surface area contributed by atoms with Crippen molar-refractivity contribution in [2.75, 3.05) is 53.6 Å². The Morgan fingerprint density at radius 3 is 1.65 bits per heavy atom. The summed E-state index contributed by atoms with van der Waals surface area (Å²) in [5.41, 5.74) is -4.62. The molecular formula is C38H65F3N2O10S2. The molecule has 1 fully saturated rings. The maximum atomic E-state index is 12.6. The van der Waals surface area contributed by atoms with Crippen LogP contribution in [0.25, 0.3) is 0 Å². The van der Waals surface area contributed by atoms with E-state index >= 15 is 0 Å². The van der Waals surface area contributed by atoms with Crippen molar-refractivity contribution in [3.05, 3.63) is 54.1 Å². The Morgan fingerprint density at radius 2 is 1.35 bits per heavy atom. The highest BCUT2D eigenvalue weighted by atomic mass is 32.2. The second-order valence-electron chi connectivity index (χ2n) is 10.0. The van der Waals surface area contributed by atoms with Crippen molar-refractivity contribution in [3.63, 3.8) is 0 Å². The zero-order valence-electron chi connectivity index (χ0n) is 34.0. The van der Waals surface area contributed by atoms with Crippen LogP contribution in [0.4, 0.5) is 13.2 Å². The van der Waals surface area contributed by atoms with Gasteiger partial charge in [-0.3, -0.25) is 4.79 Å². The van der Waals surface area contributed by atoms with Crippen LogP contribution in [0.3, 0.4) is 0 Å². The van der Waals surface area contributed by atoms with E-state index in [0.717, 1.165) is 50.5 Å². The van der Waals surface area contributed by atoms with Gasteiger partial charge in [0.2, 0.25) is 10.0 Å². The number of aromatic hydroxyl groups is 1. The quantitative estimate of drug-likeness (QED) is 0.0672. The molecule has 1 heterocycles. The first-order valence-electron chi connectivity index (χ1n) is 17.3. The number of aryl methyl sites for hydroxylation is 1. The number of methoxy groups -OCH3 is 1. The van der Waals surface area contributed by atoms with Gasteiger partial charge in [-0.25, -0.2) is 8.42 Å². The van der Waals surface area contributed by atoms with E-state index in [1.807, 2.05) is 55.5 Å². The fourth-order valence-electron chi connectivity index (χ4n) is 3.19. The summed E-state index contributed by atoms with van der Waals surface area (Å²) in [4.78, 5) is 8.58. The highest BCUT2D eigenvalue weighted by Gasteiger charge is 2.48. The lowest BCUT2D eigenvalue weighted by atomic mass is 10.2. The van der Waals surface area contributed by atoms with Crippen LogP contribution in [-0.2, 0) is 34.4 Å². The number of halogens is 3. The zero-order chi connectivity index (χ0) is 44.5. The summed E-state index contributed by atoms with van der Waals surface area (Å²) in [6, 6.07) is 10.9. The van der Waals surface area contributed by atoms with Crippen LogP contribution in [-0.4, -0.2) is 96.9 Å². The molecule has 0 unspecified atom stereocenters. The van der Waals surface area contributed by atoms with Crippen molar-refractivity contribution in [1.82, 2.24) is 9.62 Å². The number of phenolic OH excluding ortho intramolecular Hbond substituents is 1. The van der Waals surface area contributed by atoms with Crippen molar-refractivity contribution in [3.8, 4) is 37.2 Å². The average Bonchev–Trinajstić information content (AvgIpc) is 3.77. The van der Waals surface area contributed by atoms with Crippen LogP contribution in [0.1, 0.15) is 73.3 Å². The maximum absolute atomic E-state index is 12.6. The smallest absolute Gasteiger partial charge is 0.508 e. The molecule has 2 aromatic carbocycles. The molecule has 0 atom stereocenters. The summed E-state index contributed by atoms with van der Waals surface area (Å²) in [7, 11) is -5.53. The Hall–Kier alpha value is -3.84. The molecule has 2 aromatic rings. The Balaban J connectivity index is -0.000000149. The molecule has 0 amide bonds. The molecule has 0 saturated carbocycles. The van der Waals surface area contributed by atoms with Gasteiger partial charge in [-0.2, -0.15) is 25.9 Å². The number of sulfonamides is 1. The summed E-state index contributed by atoms with van der Waals surface area (Å²) in [6.45, 7) is 20.0. The first-order chi connectivity index (χ1) is 25.9. The first-order valence-corrected chi connectivity index (χ1v) is 20.1. The van der Waals surface area contributed by atoms with Gasteiger partial charge in [0, 0.05) is 40.0 Å². The first kappa shape index (κ1) is 63.1. The minimum Gasteiger partial charge on any atom is -0.508 e. The third-order valence-corrected chi connectivity index (χ3v) is 8.36. The van der Waals surface area contributed by atoms with Crippen LogP contribution in [0.15, 0.2) is 53.4 Å². The molecule has 0 bridgehead atoms. The molecule has 3 N–H and O–H groups in total. The minimum absolute atomic E-state index is 0.0644. The molecule has 55 heavy (non-hydrogen) atoms. The Bertz CT molecular complexity index is 1370. The van der Waals surface area contributed by atoms with Gasteiger partial charge in [0.05, 0.1) is 4.90 Å². The number of hydrogen-bond donors (Lipinski definition) is 3. The van der Waals surface area contributed by atoms with E-state index in [-0.39, 0.29) is 28.8 Å². The second kappa shape index (κ2) is 41.3. The van der Waals surface area contributed by atoms with Crippen molar-refractivity contribution in [1.29, 1.82) is 0 Å². The van der Waals surface area contributed by atoms with E-state index < -0.39 is 25.6 Å². The van der Waals surface area contributed by atoms with Crippen molar-refractivity contribution in [2.24, 2.45) is 5.92 Å². The van der Waals surface area contributed by atoms with Crippen molar-refractivity contribution >= 4 is 26.6 Å². The van der Waals surface area contributed by atoms with Gasteiger partial charge >= 0.3 is 15.6 Å². The predicted octanol–water partition coefficient (Wildman–Crippen LogP) is 7.57. The monoisotopic (exact) mass is 830 g/mol.